The fraction of sp³-hybridized carbons (Fsp3) is 0.529. The first-order valence-electron chi connectivity index (χ1n) is 8.55. The van der Waals surface area contributed by atoms with Gasteiger partial charge in [-0.3, -0.25) is 14.3 Å². The van der Waals surface area contributed by atoms with Crippen LogP contribution in [0.25, 0.3) is 0 Å². The van der Waals surface area contributed by atoms with Crippen molar-refractivity contribution in [1.29, 1.82) is 0 Å². The van der Waals surface area contributed by atoms with Crippen molar-refractivity contribution in [2.45, 2.75) is 38.9 Å². The standard InChI is InChI=1S/C17H21N5O2S/c1-12-4-5-21(19-12)9-16(23)20-6-13-2-3-15(8-20)22(17(13)24)7-14-10-25-11-18-14/h4-5,10-11,13,15H,2-3,6-9H2,1H3/t13-,15+/m0/s1. The summed E-state index contributed by atoms with van der Waals surface area (Å²) >= 11 is 1.54. The van der Waals surface area contributed by atoms with Gasteiger partial charge in [-0.1, -0.05) is 0 Å². The summed E-state index contributed by atoms with van der Waals surface area (Å²) in [5.74, 6) is 0.0958. The van der Waals surface area contributed by atoms with Crippen LogP contribution in [0.3, 0.4) is 0 Å². The zero-order valence-electron chi connectivity index (χ0n) is 14.2. The van der Waals surface area contributed by atoms with Crippen LogP contribution >= 0.6 is 11.3 Å². The van der Waals surface area contributed by atoms with Gasteiger partial charge in [0.1, 0.15) is 6.54 Å². The third-order valence-corrected chi connectivity index (χ3v) is 5.67. The Morgan fingerprint density at radius 2 is 2.24 bits per heavy atom. The molecule has 0 aromatic carbocycles. The lowest BCUT2D eigenvalue weighted by atomic mass is 9.94. The molecule has 0 aliphatic carbocycles. The molecule has 3 aliphatic rings. The predicted molar refractivity (Wildman–Crippen MR) is 92.7 cm³/mol. The number of fused-ring (bicyclic) bond motifs is 4. The molecule has 0 N–H and O–H groups in total. The minimum Gasteiger partial charge on any atom is -0.338 e. The van der Waals surface area contributed by atoms with Crippen molar-refractivity contribution in [2.24, 2.45) is 5.92 Å². The van der Waals surface area contributed by atoms with Crippen molar-refractivity contribution >= 4 is 23.2 Å². The number of nitrogens with zero attached hydrogens (tertiary/aromatic N) is 5. The molecular weight excluding hydrogens is 338 g/mol. The molecule has 2 amide bonds. The number of carbonyl (C=O) groups excluding carboxylic acids is 2. The van der Waals surface area contributed by atoms with Gasteiger partial charge in [0.05, 0.1) is 29.4 Å². The van der Waals surface area contributed by atoms with E-state index < -0.39 is 0 Å². The minimum absolute atomic E-state index is 0.0308. The highest BCUT2D eigenvalue weighted by Crippen LogP contribution is 2.30. The lowest BCUT2D eigenvalue weighted by molar-refractivity contribution is -0.140. The van der Waals surface area contributed by atoms with Gasteiger partial charge >= 0.3 is 0 Å². The molecule has 3 saturated heterocycles. The molecule has 3 fully saturated rings. The van der Waals surface area contributed by atoms with E-state index >= 15 is 0 Å². The van der Waals surface area contributed by atoms with E-state index in [1.165, 1.54) is 11.3 Å². The second-order valence-electron chi connectivity index (χ2n) is 6.83. The summed E-state index contributed by atoms with van der Waals surface area (Å²) in [7, 11) is 0. The van der Waals surface area contributed by atoms with Crippen molar-refractivity contribution in [2.75, 3.05) is 13.1 Å². The van der Waals surface area contributed by atoms with E-state index in [4.69, 9.17) is 0 Å². The molecular formula is C17H21N5O2S. The summed E-state index contributed by atoms with van der Waals surface area (Å²) in [4.78, 5) is 33.6. The fourth-order valence-electron chi connectivity index (χ4n) is 3.73. The number of hydrogen-bond donors (Lipinski definition) is 0. The maximum absolute atomic E-state index is 12.8. The van der Waals surface area contributed by atoms with Crippen molar-refractivity contribution in [3.63, 3.8) is 0 Å². The maximum Gasteiger partial charge on any atom is 0.244 e. The second-order valence-corrected chi connectivity index (χ2v) is 7.55. The zero-order valence-corrected chi connectivity index (χ0v) is 15.0. The van der Waals surface area contributed by atoms with Crippen LogP contribution in [0.5, 0.6) is 0 Å². The number of rotatable bonds is 4. The quantitative estimate of drug-likeness (QED) is 0.825. The Kier molecular flexibility index (Phi) is 4.29. The van der Waals surface area contributed by atoms with E-state index in [0.29, 0.717) is 19.6 Å². The average Bonchev–Trinajstić information content (AvgIpc) is 3.15. The largest absolute Gasteiger partial charge is 0.338 e. The van der Waals surface area contributed by atoms with Crippen LogP contribution in [0.2, 0.25) is 0 Å². The van der Waals surface area contributed by atoms with Crippen LogP contribution in [0, 0.1) is 12.8 Å². The number of piperidine rings is 1. The molecule has 8 heteroatoms. The molecule has 5 rings (SSSR count). The van der Waals surface area contributed by atoms with Gasteiger partial charge in [0, 0.05) is 30.7 Å². The molecule has 2 atom stereocenters. The van der Waals surface area contributed by atoms with Crippen LogP contribution in [0.4, 0.5) is 0 Å². The lowest BCUT2D eigenvalue weighted by Gasteiger charge is -2.35. The van der Waals surface area contributed by atoms with Gasteiger partial charge in [-0.2, -0.15) is 5.10 Å². The second kappa shape index (κ2) is 6.59. The summed E-state index contributed by atoms with van der Waals surface area (Å²) in [6, 6.07) is 1.97. The summed E-state index contributed by atoms with van der Waals surface area (Å²) < 4.78 is 1.67. The third kappa shape index (κ3) is 3.30. The molecule has 0 radical (unpaired) electrons. The number of thiazole rings is 1. The van der Waals surface area contributed by atoms with E-state index in [2.05, 4.69) is 10.1 Å². The molecule has 2 aromatic rings. The fourth-order valence-corrected chi connectivity index (χ4v) is 4.28. The number of amides is 2. The van der Waals surface area contributed by atoms with Crippen molar-refractivity contribution in [3.05, 3.63) is 34.5 Å². The normalized spacial score (nSPS) is 23.2. The van der Waals surface area contributed by atoms with E-state index in [-0.39, 0.29) is 30.3 Å². The van der Waals surface area contributed by atoms with Gasteiger partial charge in [-0.25, -0.2) is 4.98 Å². The summed E-state index contributed by atoms with van der Waals surface area (Å²) in [5, 5.41) is 6.27. The van der Waals surface area contributed by atoms with Crippen LogP contribution in [-0.4, -0.2) is 55.5 Å². The van der Waals surface area contributed by atoms with E-state index in [1.807, 2.05) is 34.4 Å². The maximum atomic E-state index is 12.8. The summed E-state index contributed by atoms with van der Waals surface area (Å²) in [6.07, 6.45) is 3.63. The Bertz CT molecular complexity index is 772. The van der Waals surface area contributed by atoms with Crippen molar-refractivity contribution < 1.29 is 9.59 Å². The molecule has 0 unspecified atom stereocenters. The van der Waals surface area contributed by atoms with E-state index in [9.17, 15) is 9.59 Å². The highest BCUT2D eigenvalue weighted by molar-refractivity contribution is 7.07. The van der Waals surface area contributed by atoms with Gasteiger partial charge in [0.2, 0.25) is 11.8 Å². The van der Waals surface area contributed by atoms with Crippen LogP contribution in [-0.2, 0) is 22.7 Å². The number of aromatic nitrogens is 3. The first kappa shape index (κ1) is 16.3. The molecule has 5 heterocycles. The molecule has 0 saturated carbocycles. The Labute approximate surface area is 150 Å². The number of hydrogen-bond acceptors (Lipinski definition) is 5. The Hall–Kier alpha value is -2.22. The third-order valence-electron chi connectivity index (χ3n) is 5.03. The molecule has 2 bridgehead atoms. The monoisotopic (exact) mass is 359 g/mol. The van der Waals surface area contributed by atoms with E-state index in [1.54, 1.807) is 10.2 Å². The Morgan fingerprint density at radius 3 is 2.96 bits per heavy atom. The lowest BCUT2D eigenvalue weighted by Crippen LogP contribution is -2.47. The van der Waals surface area contributed by atoms with Gasteiger partial charge in [0.25, 0.3) is 0 Å². The molecule has 2 aromatic heterocycles. The number of aryl methyl sites for hydroxylation is 1. The highest BCUT2D eigenvalue weighted by Gasteiger charge is 2.41. The molecule has 0 spiro atoms. The summed E-state index contributed by atoms with van der Waals surface area (Å²) in [6.45, 7) is 3.80. The minimum atomic E-state index is -0.0966. The van der Waals surface area contributed by atoms with Crippen molar-refractivity contribution in [1.82, 2.24) is 24.6 Å². The molecule has 25 heavy (non-hydrogen) atoms. The van der Waals surface area contributed by atoms with Crippen molar-refractivity contribution in [3.8, 4) is 0 Å². The first-order chi connectivity index (χ1) is 12.1. The van der Waals surface area contributed by atoms with Crippen LogP contribution < -0.4 is 0 Å². The van der Waals surface area contributed by atoms with Gasteiger partial charge < -0.3 is 9.80 Å². The van der Waals surface area contributed by atoms with Crippen LogP contribution in [0.15, 0.2) is 23.2 Å². The van der Waals surface area contributed by atoms with Gasteiger partial charge in [-0.15, -0.1) is 11.3 Å². The Morgan fingerprint density at radius 1 is 1.36 bits per heavy atom. The molecule has 3 aliphatic heterocycles. The molecule has 7 nitrogen and oxygen atoms in total. The molecule has 132 valence electrons. The smallest absolute Gasteiger partial charge is 0.244 e. The van der Waals surface area contributed by atoms with E-state index in [0.717, 1.165) is 24.2 Å². The highest BCUT2D eigenvalue weighted by atomic mass is 32.1. The topological polar surface area (TPSA) is 71.3 Å². The summed E-state index contributed by atoms with van der Waals surface area (Å²) in [5.41, 5.74) is 3.61. The first-order valence-corrected chi connectivity index (χ1v) is 9.50. The number of carbonyl (C=O) groups is 2. The van der Waals surface area contributed by atoms with Crippen LogP contribution in [0.1, 0.15) is 24.2 Å². The SMILES string of the molecule is Cc1ccn(CC(=O)N2C[C@@H]3CC[C@H](C2)N(Cc2cscn2)C3=O)n1. The Balaban J connectivity index is 1.48. The van der Waals surface area contributed by atoms with Gasteiger partial charge in [0.15, 0.2) is 0 Å². The average molecular weight is 359 g/mol. The predicted octanol–water partition coefficient (Wildman–Crippen LogP) is 1.30. The van der Waals surface area contributed by atoms with Gasteiger partial charge in [-0.05, 0) is 25.8 Å². The zero-order chi connectivity index (χ0) is 17.4.